The maximum absolute atomic E-state index is 13.2. The van der Waals surface area contributed by atoms with Gasteiger partial charge in [-0.05, 0) is 43.3 Å². The zero-order valence-electron chi connectivity index (χ0n) is 15.7. The lowest BCUT2D eigenvalue weighted by Gasteiger charge is -2.59. The van der Waals surface area contributed by atoms with Crippen LogP contribution in [0.5, 0.6) is 11.5 Å². The van der Waals surface area contributed by atoms with Crippen LogP contribution in [-0.4, -0.2) is 62.7 Å². The number of carbonyl (C=O) groups is 1. The van der Waals surface area contributed by atoms with Crippen molar-refractivity contribution in [3.63, 3.8) is 0 Å². The minimum atomic E-state index is -1.13. The van der Waals surface area contributed by atoms with E-state index in [1.54, 1.807) is 14.2 Å². The summed E-state index contributed by atoms with van der Waals surface area (Å²) in [7, 11) is 5.31. The van der Waals surface area contributed by atoms with Crippen LogP contribution in [0.4, 0.5) is 0 Å². The van der Waals surface area contributed by atoms with Gasteiger partial charge in [-0.1, -0.05) is 0 Å². The van der Waals surface area contributed by atoms with Crippen molar-refractivity contribution in [2.75, 3.05) is 34.6 Å². The van der Waals surface area contributed by atoms with Crippen molar-refractivity contribution >= 4 is 5.78 Å². The second kappa shape index (κ2) is 4.84. The summed E-state index contributed by atoms with van der Waals surface area (Å²) in [5, 5.41) is 0. The molecule has 3 aliphatic heterocycles. The number of carbonyl (C=O) groups excluding carboxylic acids is 1. The standard InChI is InChI=1S/C20H23NO6/c1-21-5-4-18-8-13(22)17(23-2)20(24-3)19(18,21)9-16(27-20)11-6-14-15(7-12(11)18)26-10-25-14/h6-7,16-17H,4-5,8-10H2,1-3H3/t16-,17-,18-,19-,20?/m0/s1. The van der Waals surface area contributed by atoms with Crippen molar-refractivity contribution in [2.45, 2.75) is 48.2 Å². The van der Waals surface area contributed by atoms with Gasteiger partial charge in [-0.25, -0.2) is 0 Å². The van der Waals surface area contributed by atoms with Gasteiger partial charge in [0.05, 0.1) is 11.6 Å². The molecule has 5 atom stereocenters. The highest BCUT2D eigenvalue weighted by Gasteiger charge is 2.82. The number of Topliss-reactive ketones (excluding diaryl/α,β-unsaturated/α-hetero) is 1. The second-order valence-electron chi connectivity index (χ2n) is 8.35. The number of nitrogens with zero attached hydrogens (tertiary/aromatic N) is 1. The molecule has 3 fully saturated rings. The van der Waals surface area contributed by atoms with Gasteiger partial charge in [0.1, 0.15) is 0 Å². The molecule has 1 saturated carbocycles. The van der Waals surface area contributed by atoms with Gasteiger partial charge in [0.2, 0.25) is 12.6 Å². The van der Waals surface area contributed by atoms with Crippen molar-refractivity contribution in [1.29, 1.82) is 0 Å². The maximum atomic E-state index is 13.2. The number of likely N-dealkylation sites (N-methyl/N-ethyl adjacent to an activating group) is 1. The van der Waals surface area contributed by atoms with E-state index in [1.807, 2.05) is 6.07 Å². The Morgan fingerprint density at radius 1 is 1.22 bits per heavy atom. The molecule has 27 heavy (non-hydrogen) atoms. The fraction of sp³-hybridized carbons (Fsp3) is 0.650. The van der Waals surface area contributed by atoms with Gasteiger partial charge in [-0.2, -0.15) is 0 Å². The van der Waals surface area contributed by atoms with Gasteiger partial charge in [0.25, 0.3) is 0 Å². The monoisotopic (exact) mass is 373 g/mol. The second-order valence-corrected chi connectivity index (χ2v) is 8.35. The first-order valence-corrected chi connectivity index (χ1v) is 9.47. The highest BCUT2D eigenvalue weighted by atomic mass is 16.7. The molecule has 1 spiro atoms. The average molecular weight is 373 g/mol. The Kier molecular flexibility index (Phi) is 2.92. The Hall–Kier alpha value is -1.67. The molecule has 1 unspecified atom stereocenters. The minimum Gasteiger partial charge on any atom is -0.454 e. The Morgan fingerprint density at radius 2 is 2.00 bits per heavy atom. The van der Waals surface area contributed by atoms with Gasteiger partial charge >= 0.3 is 0 Å². The van der Waals surface area contributed by atoms with Gasteiger partial charge < -0.3 is 23.7 Å². The zero-order chi connectivity index (χ0) is 18.6. The van der Waals surface area contributed by atoms with Crippen molar-refractivity contribution in [3.8, 4) is 11.5 Å². The fourth-order valence-corrected chi connectivity index (χ4v) is 6.82. The van der Waals surface area contributed by atoms with Crippen LogP contribution in [0.2, 0.25) is 0 Å². The van der Waals surface area contributed by atoms with E-state index in [1.165, 1.54) is 0 Å². The smallest absolute Gasteiger partial charge is 0.231 e. The molecule has 2 aliphatic carbocycles. The van der Waals surface area contributed by atoms with E-state index in [0.717, 1.165) is 42.0 Å². The molecule has 0 N–H and O–H groups in total. The molecule has 0 amide bonds. The summed E-state index contributed by atoms with van der Waals surface area (Å²) in [4.78, 5) is 15.6. The third kappa shape index (κ3) is 1.49. The zero-order valence-corrected chi connectivity index (χ0v) is 15.7. The third-order valence-corrected chi connectivity index (χ3v) is 7.75. The van der Waals surface area contributed by atoms with Gasteiger partial charge in [-0.15, -0.1) is 0 Å². The summed E-state index contributed by atoms with van der Waals surface area (Å²) in [5.74, 6) is 0.406. The SMILES string of the molecule is CO[C@H]1C(=O)C[C@]23CCN(C)[C@@]24C[C@H](OC14OC)c1cc2c(cc13)OCO2. The predicted octanol–water partition coefficient (Wildman–Crippen LogP) is 1.53. The van der Waals surface area contributed by atoms with E-state index in [4.69, 9.17) is 23.7 Å². The number of fused-ring (bicyclic) bond motifs is 4. The number of hydrogen-bond acceptors (Lipinski definition) is 7. The van der Waals surface area contributed by atoms with E-state index in [0.29, 0.717) is 6.42 Å². The molecule has 5 aliphatic rings. The summed E-state index contributed by atoms with van der Waals surface area (Å²) in [6.07, 6.45) is 1.15. The Morgan fingerprint density at radius 3 is 2.74 bits per heavy atom. The van der Waals surface area contributed by atoms with Crippen molar-refractivity contribution in [3.05, 3.63) is 23.3 Å². The van der Waals surface area contributed by atoms with Crippen LogP contribution in [0.3, 0.4) is 0 Å². The number of hydrogen-bond donors (Lipinski definition) is 0. The lowest BCUT2D eigenvalue weighted by atomic mass is 9.51. The number of likely N-dealkylation sites (tertiary alicyclic amines) is 1. The molecule has 1 aromatic rings. The topological polar surface area (TPSA) is 66.5 Å². The number of rotatable bonds is 2. The quantitative estimate of drug-likeness (QED) is 0.779. The molecule has 7 nitrogen and oxygen atoms in total. The minimum absolute atomic E-state index is 0.0384. The van der Waals surface area contributed by atoms with Crippen LogP contribution in [0, 0.1) is 0 Å². The number of benzene rings is 1. The first kappa shape index (κ1) is 16.3. The van der Waals surface area contributed by atoms with E-state index >= 15 is 0 Å². The molecule has 7 heteroatoms. The average Bonchev–Trinajstić information content (AvgIpc) is 3.33. The molecule has 0 aromatic heterocycles. The van der Waals surface area contributed by atoms with Crippen molar-refractivity contribution < 1.29 is 28.5 Å². The third-order valence-electron chi connectivity index (χ3n) is 7.75. The molecule has 2 bridgehead atoms. The lowest BCUT2D eigenvalue weighted by molar-refractivity contribution is -0.309. The predicted molar refractivity (Wildman–Crippen MR) is 92.8 cm³/mol. The summed E-state index contributed by atoms with van der Waals surface area (Å²) in [5.41, 5.74) is 1.41. The maximum Gasteiger partial charge on any atom is 0.231 e. The van der Waals surface area contributed by atoms with E-state index in [2.05, 4.69) is 18.0 Å². The lowest BCUT2D eigenvalue weighted by Crippen LogP contribution is -2.76. The van der Waals surface area contributed by atoms with Crippen molar-refractivity contribution in [2.24, 2.45) is 0 Å². The van der Waals surface area contributed by atoms with Crippen LogP contribution in [0.1, 0.15) is 36.5 Å². The first-order valence-electron chi connectivity index (χ1n) is 9.47. The largest absolute Gasteiger partial charge is 0.454 e. The molecule has 0 radical (unpaired) electrons. The molecule has 3 heterocycles. The van der Waals surface area contributed by atoms with Crippen LogP contribution < -0.4 is 9.47 Å². The summed E-state index contributed by atoms with van der Waals surface area (Å²) >= 11 is 0. The Balaban J connectivity index is 1.69. The van der Waals surface area contributed by atoms with E-state index in [-0.39, 0.29) is 24.1 Å². The molecular weight excluding hydrogens is 350 g/mol. The van der Waals surface area contributed by atoms with Crippen LogP contribution in [0.15, 0.2) is 12.1 Å². The molecular formula is C20H23NO6. The first-order chi connectivity index (χ1) is 13.0. The van der Waals surface area contributed by atoms with Crippen LogP contribution in [0.25, 0.3) is 0 Å². The highest BCUT2D eigenvalue weighted by Crippen LogP contribution is 2.71. The summed E-state index contributed by atoms with van der Waals surface area (Å²) < 4.78 is 29.7. The van der Waals surface area contributed by atoms with Crippen LogP contribution >= 0.6 is 0 Å². The molecule has 144 valence electrons. The molecule has 6 rings (SSSR count). The van der Waals surface area contributed by atoms with E-state index < -0.39 is 17.4 Å². The summed E-state index contributed by atoms with van der Waals surface area (Å²) in [6.45, 7) is 1.10. The number of ketones is 1. The van der Waals surface area contributed by atoms with E-state index in [9.17, 15) is 4.79 Å². The Bertz CT molecular complexity index is 872. The van der Waals surface area contributed by atoms with Gasteiger partial charge in [0, 0.05) is 32.5 Å². The number of methoxy groups -OCH3 is 2. The molecule has 2 saturated heterocycles. The fourth-order valence-electron chi connectivity index (χ4n) is 6.82. The van der Waals surface area contributed by atoms with Gasteiger partial charge in [0.15, 0.2) is 23.4 Å². The highest BCUT2D eigenvalue weighted by molar-refractivity contribution is 5.89. The normalized spacial score (nSPS) is 43.7. The van der Waals surface area contributed by atoms with Crippen molar-refractivity contribution in [1.82, 2.24) is 4.90 Å². The van der Waals surface area contributed by atoms with Gasteiger partial charge in [-0.3, -0.25) is 9.69 Å². The Labute approximate surface area is 157 Å². The number of ether oxygens (including phenoxy) is 5. The molecule has 1 aromatic carbocycles. The summed E-state index contributed by atoms with van der Waals surface area (Å²) in [6, 6.07) is 4.11. The van der Waals surface area contributed by atoms with Crippen LogP contribution in [-0.2, 0) is 24.4 Å².